The van der Waals surface area contributed by atoms with Gasteiger partial charge in [0.15, 0.2) is 5.16 Å². The molecule has 1 N–H and O–H groups in total. The molecule has 0 unspecified atom stereocenters. The summed E-state index contributed by atoms with van der Waals surface area (Å²) in [7, 11) is 0. The van der Waals surface area contributed by atoms with Gasteiger partial charge in [-0.1, -0.05) is 11.8 Å². The number of aromatic amines is 1. The summed E-state index contributed by atoms with van der Waals surface area (Å²) in [5, 5.41) is 1.30. The van der Waals surface area contributed by atoms with Crippen molar-refractivity contribution in [3.05, 3.63) is 55.9 Å². The molecular weight excluding hydrogens is 399 g/mol. The largest absolute Gasteiger partial charge is 0.309 e. The maximum atomic E-state index is 12.2. The van der Waals surface area contributed by atoms with E-state index in [0.29, 0.717) is 22.1 Å². The normalized spacial score (nSPS) is 11.0. The SMILES string of the molecule is Cc1cc(I)cc2c(=O)[nH]c(CSc3ncccn3)nc12. The maximum absolute atomic E-state index is 12.2. The van der Waals surface area contributed by atoms with Crippen LogP contribution in [0.3, 0.4) is 0 Å². The third-order valence-corrected chi connectivity index (χ3v) is 4.40. The summed E-state index contributed by atoms with van der Waals surface area (Å²) in [4.78, 5) is 27.8. The van der Waals surface area contributed by atoms with Crippen molar-refractivity contribution in [1.82, 2.24) is 19.9 Å². The fourth-order valence-electron chi connectivity index (χ4n) is 1.98. The highest BCUT2D eigenvalue weighted by atomic mass is 127. The van der Waals surface area contributed by atoms with Crippen LogP contribution in [0.5, 0.6) is 0 Å². The lowest BCUT2D eigenvalue weighted by atomic mass is 10.1. The molecule has 0 saturated carbocycles. The Morgan fingerprint density at radius 1 is 1.29 bits per heavy atom. The molecule has 1 aromatic carbocycles. The molecule has 0 aliphatic heterocycles. The van der Waals surface area contributed by atoms with E-state index < -0.39 is 0 Å². The number of aryl methyl sites for hydroxylation is 1. The van der Waals surface area contributed by atoms with E-state index in [4.69, 9.17) is 0 Å². The van der Waals surface area contributed by atoms with Crippen molar-refractivity contribution < 1.29 is 0 Å². The summed E-state index contributed by atoms with van der Waals surface area (Å²) >= 11 is 3.65. The van der Waals surface area contributed by atoms with E-state index in [1.807, 2.05) is 19.1 Å². The van der Waals surface area contributed by atoms with Crippen molar-refractivity contribution in [1.29, 1.82) is 0 Å². The number of rotatable bonds is 3. The number of hydrogen-bond donors (Lipinski definition) is 1. The summed E-state index contributed by atoms with van der Waals surface area (Å²) < 4.78 is 1.03. The summed E-state index contributed by atoms with van der Waals surface area (Å²) in [6.07, 6.45) is 3.38. The Morgan fingerprint density at radius 3 is 2.81 bits per heavy atom. The van der Waals surface area contributed by atoms with Gasteiger partial charge in [0.05, 0.1) is 16.7 Å². The van der Waals surface area contributed by atoms with Crippen molar-refractivity contribution in [2.24, 2.45) is 0 Å². The summed E-state index contributed by atoms with van der Waals surface area (Å²) in [5.74, 6) is 1.16. The molecule has 0 spiro atoms. The summed E-state index contributed by atoms with van der Waals surface area (Å²) in [6, 6.07) is 5.64. The van der Waals surface area contributed by atoms with Gasteiger partial charge in [-0.15, -0.1) is 0 Å². The number of H-pyrrole nitrogens is 1. The first-order valence-corrected chi connectivity index (χ1v) is 8.29. The first kappa shape index (κ1) is 14.5. The fraction of sp³-hybridized carbons (Fsp3) is 0.143. The van der Waals surface area contributed by atoms with Gasteiger partial charge in [0.25, 0.3) is 5.56 Å². The fourth-order valence-corrected chi connectivity index (χ4v) is 3.43. The van der Waals surface area contributed by atoms with Gasteiger partial charge in [0.1, 0.15) is 5.82 Å². The van der Waals surface area contributed by atoms with Gasteiger partial charge in [-0.05, 0) is 53.3 Å². The second kappa shape index (κ2) is 6.10. The van der Waals surface area contributed by atoms with Gasteiger partial charge in [-0.25, -0.2) is 15.0 Å². The van der Waals surface area contributed by atoms with Gasteiger partial charge in [0, 0.05) is 16.0 Å². The van der Waals surface area contributed by atoms with Crippen LogP contribution in [0.15, 0.2) is 40.5 Å². The maximum Gasteiger partial charge on any atom is 0.258 e. The highest BCUT2D eigenvalue weighted by Gasteiger charge is 2.08. The molecule has 7 heteroatoms. The molecular formula is C14H11IN4OS. The van der Waals surface area contributed by atoms with Crippen molar-refractivity contribution >= 4 is 45.3 Å². The number of aromatic nitrogens is 4. The van der Waals surface area contributed by atoms with Crippen LogP contribution in [0.2, 0.25) is 0 Å². The van der Waals surface area contributed by atoms with Gasteiger partial charge in [-0.2, -0.15) is 0 Å². The Kier molecular flexibility index (Phi) is 4.20. The highest BCUT2D eigenvalue weighted by molar-refractivity contribution is 14.1. The summed E-state index contributed by atoms with van der Waals surface area (Å²) in [5.41, 5.74) is 1.65. The molecule has 0 saturated heterocycles. The number of nitrogens with zero attached hydrogens (tertiary/aromatic N) is 3. The quantitative estimate of drug-likeness (QED) is 0.409. The predicted octanol–water partition coefficient (Wildman–Crippen LogP) is 2.92. The van der Waals surface area contributed by atoms with Crippen LogP contribution in [0.1, 0.15) is 11.4 Å². The van der Waals surface area contributed by atoms with E-state index in [1.54, 1.807) is 18.5 Å². The molecule has 0 radical (unpaired) electrons. The van der Waals surface area contributed by atoms with E-state index in [9.17, 15) is 4.79 Å². The Balaban J connectivity index is 1.95. The second-order valence-electron chi connectivity index (χ2n) is 4.45. The zero-order chi connectivity index (χ0) is 14.8. The topological polar surface area (TPSA) is 71.5 Å². The van der Waals surface area contributed by atoms with Crippen LogP contribution < -0.4 is 5.56 Å². The van der Waals surface area contributed by atoms with Crippen molar-refractivity contribution in [3.63, 3.8) is 0 Å². The van der Waals surface area contributed by atoms with Crippen molar-refractivity contribution in [2.45, 2.75) is 17.8 Å². The number of fused-ring (bicyclic) bond motifs is 1. The Bertz CT molecular complexity index is 851. The molecule has 0 aliphatic rings. The molecule has 106 valence electrons. The average Bonchev–Trinajstić information content (AvgIpc) is 2.47. The lowest BCUT2D eigenvalue weighted by Crippen LogP contribution is -2.12. The molecule has 3 rings (SSSR count). The minimum atomic E-state index is -0.105. The zero-order valence-corrected chi connectivity index (χ0v) is 14.1. The van der Waals surface area contributed by atoms with Crippen LogP contribution >= 0.6 is 34.4 Å². The van der Waals surface area contributed by atoms with E-state index in [-0.39, 0.29) is 5.56 Å². The molecule has 3 aromatic rings. The zero-order valence-electron chi connectivity index (χ0n) is 11.1. The van der Waals surface area contributed by atoms with E-state index in [2.05, 4.69) is 42.5 Å². The number of benzene rings is 1. The number of thioether (sulfide) groups is 1. The first-order valence-electron chi connectivity index (χ1n) is 6.22. The minimum absolute atomic E-state index is 0.105. The smallest absolute Gasteiger partial charge is 0.258 e. The average molecular weight is 410 g/mol. The van der Waals surface area contributed by atoms with Crippen LogP contribution in [-0.2, 0) is 5.75 Å². The van der Waals surface area contributed by atoms with Gasteiger partial charge in [-0.3, -0.25) is 4.79 Å². The van der Waals surface area contributed by atoms with Crippen molar-refractivity contribution in [3.8, 4) is 0 Å². The van der Waals surface area contributed by atoms with Crippen molar-refractivity contribution in [2.75, 3.05) is 0 Å². The van der Waals surface area contributed by atoms with Gasteiger partial charge < -0.3 is 4.98 Å². The Hall–Kier alpha value is -1.48. The molecule has 0 aliphatic carbocycles. The summed E-state index contributed by atoms with van der Waals surface area (Å²) in [6.45, 7) is 1.97. The van der Waals surface area contributed by atoms with Crippen LogP contribution in [0, 0.1) is 10.5 Å². The second-order valence-corrected chi connectivity index (χ2v) is 6.64. The van der Waals surface area contributed by atoms with Crippen LogP contribution in [0.4, 0.5) is 0 Å². The predicted molar refractivity (Wildman–Crippen MR) is 91.4 cm³/mol. The van der Waals surface area contributed by atoms with Gasteiger partial charge in [0.2, 0.25) is 0 Å². The highest BCUT2D eigenvalue weighted by Crippen LogP contribution is 2.20. The third kappa shape index (κ3) is 3.24. The number of halogens is 1. The van der Waals surface area contributed by atoms with E-state index in [0.717, 1.165) is 14.7 Å². The Labute approximate surface area is 138 Å². The molecule has 2 aromatic heterocycles. The molecule has 0 fully saturated rings. The standard InChI is InChI=1S/C14H11IN4OS/c1-8-5-9(15)6-10-12(8)18-11(19-13(10)20)7-21-14-16-3-2-4-17-14/h2-6H,7H2,1H3,(H,18,19,20). The monoisotopic (exact) mass is 410 g/mol. The van der Waals surface area contributed by atoms with E-state index >= 15 is 0 Å². The molecule has 5 nitrogen and oxygen atoms in total. The minimum Gasteiger partial charge on any atom is -0.309 e. The molecule has 21 heavy (non-hydrogen) atoms. The molecule has 0 bridgehead atoms. The molecule has 0 atom stereocenters. The Morgan fingerprint density at radius 2 is 2.05 bits per heavy atom. The lowest BCUT2D eigenvalue weighted by Gasteiger charge is -2.05. The third-order valence-electron chi connectivity index (χ3n) is 2.89. The molecule has 0 amide bonds. The molecule has 2 heterocycles. The first-order chi connectivity index (χ1) is 10.1. The van der Waals surface area contributed by atoms with Gasteiger partial charge >= 0.3 is 0 Å². The number of hydrogen-bond acceptors (Lipinski definition) is 5. The van der Waals surface area contributed by atoms with Crippen LogP contribution in [-0.4, -0.2) is 19.9 Å². The lowest BCUT2D eigenvalue weighted by molar-refractivity contribution is 0.958. The number of nitrogens with one attached hydrogen (secondary N) is 1. The van der Waals surface area contributed by atoms with Crippen LogP contribution in [0.25, 0.3) is 10.9 Å². The van der Waals surface area contributed by atoms with E-state index in [1.165, 1.54) is 11.8 Å².